The molecule has 2 amide bonds. The fourth-order valence-electron chi connectivity index (χ4n) is 1.63. The lowest BCUT2D eigenvalue weighted by Gasteiger charge is -2.24. The molecule has 1 aromatic carbocycles. The number of aliphatic hydroxyl groups is 1. The van der Waals surface area contributed by atoms with Crippen molar-refractivity contribution in [3.8, 4) is 5.75 Å². The summed E-state index contributed by atoms with van der Waals surface area (Å²) in [5.41, 5.74) is 0.476. The monoisotopic (exact) mass is 266 g/mol. The first-order valence-corrected chi connectivity index (χ1v) is 6.19. The van der Waals surface area contributed by atoms with Gasteiger partial charge in [0.1, 0.15) is 5.75 Å². The summed E-state index contributed by atoms with van der Waals surface area (Å²) in [5, 5.41) is 14.9. The second-order valence-corrected chi connectivity index (χ2v) is 5.36. The van der Waals surface area contributed by atoms with E-state index in [1.165, 1.54) is 0 Å². The fraction of sp³-hybridized carbons (Fsp3) is 0.500. The number of ether oxygens (including phenoxy) is 1. The Morgan fingerprint density at radius 1 is 1.42 bits per heavy atom. The van der Waals surface area contributed by atoms with E-state index in [9.17, 15) is 9.90 Å². The molecule has 0 fully saturated rings. The van der Waals surface area contributed by atoms with Crippen LogP contribution in [0.25, 0.3) is 0 Å². The minimum absolute atomic E-state index is 0.176. The Bertz CT molecular complexity index is 427. The first kappa shape index (κ1) is 15.3. The average molecular weight is 266 g/mol. The van der Waals surface area contributed by atoms with Gasteiger partial charge in [-0.25, -0.2) is 4.79 Å². The highest BCUT2D eigenvalue weighted by Gasteiger charge is 2.18. The third-order valence-electron chi connectivity index (χ3n) is 2.47. The van der Waals surface area contributed by atoms with Crippen LogP contribution in [0.5, 0.6) is 5.75 Å². The van der Waals surface area contributed by atoms with Crippen LogP contribution in [-0.2, 0) is 0 Å². The van der Waals surface area contributed by atoms with Crippen LogP contribution < -0.4 is 15.4 Å². The molecule has 0 spiro atoms. The van der Waals surface area contributed by atoms with Gasteiger partial charge in [-0.3, -0.25) is 0 Å². The smallest absolute Gasteiger partial charge is 0.315 e. The summed E-state index contributed by atoms with van der Waals surface area (Å²) in [6.45, 7) is 5.51. The number of aliphatic hydroxyl groups excluding tert-OH is 1. The van der Waals surface area contributed by atoms with E-state index in [2.05, 4.69) is 10.6 Å². The molecule has 0 aromatic heterocycles. The molecular weight excluding hydrogens is 244 g/mol. The Hall–Kier alpha value is -1.75. The molecule has 3 N–H and O–H groups in total. The number of carbonyl (C=O) groups excluding carboxylic acids is 1. The minimum atomic E-state index is -0.461. The number of hydrogen-bond donors (Lipinski definition) is 3. The van der Waals surface area contributed by atoms with Crippen LogP contribution in [0.15, 0.2) is 24.3 Å². The first-order chi connectivity index (χ1) is 8.85. The average Bonchev–Trinajstić information content (AvgIpc) is 2.34. The maximum absolute atomic E-state index is 11.8. The zero-order valence-corrected chi connectivity index (χ0v) is 11.9. The quantitative estimate of drug-likeness (QED) is 0.778. The topological polar surface area (TPSA) is 70.6 Å². The number of rotatable bonds is 4. The lowest BCUT2D eigenvalue weighted by molar-refractivity contribution is 0.210. The molecule has 5 heteroatoms. The molecular formula is C14H22N2O3. The van der Waals surface area contributed by atoms with E-state index >= 15 is 0 Å². The summed E-state index contributed by atoms with van der Waals surface area (Å²) >= 11 is 0. The summed E-state index contributed by atoms with van der Waals surface area (Å²) in [6, 6.07) is 6.48. The van der Waals surface area contributed by atoms with E-state index in [0.29, 0.717) is 5.75 Å². The Labute approximate surface area is 114 Å². The van der Waals surface area contributed by atoms with Crippen LogP contribution in [0, 0.1) is 0 Å². The van der Waals surface area contributed by atoms with Gasteiger partial charge in [-0.15, -0.1) is 0 Å². The van der Waals surface area contributed by atoms with Crippen molar-refractivity contribution < 1.29 is 14.6 Å². The van der Waals surface area contributed by atoms with Crippen molar-refractivity contribution in [3.63, 3.8) is 0 Å². The Morgan fingerprint density at radius 3 is 2.63 bits per heavy atom. The van der Waals surface area contributed by atoms with E-state index in [1.54, 1.807) is 13.2 Å². The van der Waals surface area contributed by atoms with Crippen LogP contribution in [0.3, 0.4) is 0 Å². The third-order valence-corrected chi connectivity index (χ3v) is 2.47. The molecule has 0 aliphatic heterocycles. The molecule has 0 heterocycles. The highest BCUT2D eigenvalue weighted by atomic mass is 16.5. The van der Waals surface area contributed by atoms with Crippen molar-refractivity contribution in [2.75, 3.05) is 13.7 Å². The minimum Gasteiger partial charge on any atom is -0.497 e. The SMILES string of the molecule is COc1cccc(C(CO)NC(=O)NC(C)(C)C)c1. The van der Waals surface area contributed by atoms with Gasteiger partial charge in [0, 0.05) is 5.54 Å². The summed E-state index contributed by atoms with van der Waals surface area (Å²) in [7, 11) is 1.58. The van der Waals surface area contributed by atoms with Crippen LogP contribution in [0.2, 0.25) is 0 Å². The van der Waals surface area contributed by atoms with Gasteiger partial charge in [-0.1, -0.05) is 12.1 Å². The molecule has 106 valence electrons. The zero-order valence-electron chi connectivity index (χ0n) is 11.9. The predicted octanol–water partition coefficient (Wildman–Crippen LogP) is 1.83. The van der Waals surface area contributed by atoms with Crippen LogP contribution in [0.4, 0.5) is 4.79 Å². The number of urea groups is 1. The fourth-order valence-corrected chi connectivity index (χ4v) is 1.63. The standard InChI is InChI=1S/C14H22N2O3/c1-14(2,3)16-13(18)15-12(9-17)10-6-5-7-11(8-10)19-4/h5-8,12,17H,9H2,1-4H3,(H2,15,16,18). The summed E-state index contributed by atoms with van der Waals surface area (Å²) in [5.74, 6) is 0.689. The van der Waals surface area contributed by atoms with Gasteiger partial charge in [0.05, 0.1) is 19.8 Å². The molecule has 1 aromatic rings. The molecule has 0 aliphatic carbocycles. The van der Waals surface area contributed by atoms with E-state index < -0.39 is 6.04 Å². The largest absolute Gasteiger partial charge is 0.497 e. The number of hydrogen-bond acceptors (Lipinski definition) is 3. The second kappa shape index (κ2) is 6.43. The van der Waals surface area contributed by atoms with Crippen LogP contribution in [0.1, 0.15) is 32.4 Å². The van der Waals surface area contributed by atoms with Gasteiger partial charge in [0.25, 0.3) is 0 Å². The number of amides is 2. The molecule has 0 radical (unpaired) electrons. The lowest BCUT2D eigenvalue weighted by Crippen LogP contribution is -2.47. The van der Waals surface area contributed by atoms with Crippen molar-refractivity contribution >= 4 is 6.03 Å². The normalized spacial score (nSPS) is 12.7. The van der Waals surface area contributed by atoms with Crippen molar-refractivity contribution in [2.24, 2.45) is 0 Å². The molecule has 0 bridgehead atoms. The molecule has 1 atom stereocenters. The van der Waals surface area contributed by atoms with E-state index in [1.807, 2.05) is 39.0 Å². The molecule has 0 aliphatic rings. The van der Waals surface area contributed by atoms with Gasteiger partial charge < -0.3 is 20.5 Å². The Morgan fingerprint density at radius 2 is 2.11 bits per heavy atom. The summed E-state index contributed by atoms with van der Waals surface area (Å²) in [4.78, 5) is 11.8. The van der Waals surface area contributed by atoms with Gasteiger partial charge >= 0.3 is 6.03 Å². The molecule has 1 unspecified atom stereocenters. The van der Waals surface area contributed by atoms with E-state index in [-0.39, 0.29) is 18.2 Å². The second-order valence-electron chi connectivity index (χ2n) is 5.36. The maximum atomic E-state index is 11.8. The summed E-state index contributed by atoms with van der Waals surface area (Å²) in [6.07, 6.45) is 0. The van der Waals surface area contributed by atoms with Crippen molar-refractivity contribution in [1.82, 2.24) is 10.6 Å². The van der Waals surface area contributed by atoms with Crippen LogP contribution in [-0.4, -0.2) is 30.4 Å². The number of carbonyl (C=O) groups is 1. The van der Waals surface area contributed by atoms with Gasteiger partial charge in [0.2, 0.25) is 0 Å². The zero-order chi connectivity index (χ0) is 14.5. The molecule has 5 nitrogen and oxygen atoms in total. The highest BCUT2D eigenvalue weighted by molar-refractivity contribution is 5.75. The van der Waals surface area contributed by atoms with E-state index in [4.69, 9.17) is 4.74 Å². The number of benzene rings is 1. The van der Waals surface area contributed by atoms with Gasteiger partial charge in [-0.05, 0) is 38.5 Å². The van der Waals surface area contributed by atoms with E-state index in [0.717, 1.165) is 5.56 Å². The Balaban J connectivity index is 2.75. The van der Waals surface area contributed by atoms with Crippen LogP contribution >= 0.6 is 0 Å². The third kappa shape index (κ3) is 5.18. The first-order valence-electron chi connectivity index (χ1n) is 6.19. The van der Waals surface area contributed by atoms with Crippen molar-refractivity contribution in [1.29, 1.82) is 0 Å². The molecule has 19 heavy (non-hydrogen) atoms. The van der Waals surface area contributed by atoms with Crippen molar-refractivity contribution in [2.45, 2.75) is 32.4 Å². The maximum Gasteiger partial charge on any atom is 0.315 e. The predicted molar refractivity (Wildman–Crippen MR) is 74.2 cm³/mol. The summed E-state index contributed by atoms with van der Waals surface area (Å²) < 4.78 is 5.13. The number of methoxy groups -OCH3 is 1. The number of nitrogens with one attached hydrogen (secondary N) is 2. The molecule has 0 saturated carbocycles. The van der Waals surface area contributed by atoms with Gasteiger partial charge in [-0.2, -0.15) is 0 Å². The van der Waals surface area contributed by atoms with Crippen molar-refractivity contribution in [3.05, 3.63) is 29.8 Å². The Kier molecular flexibility index (Phi) is 5.18. The lowest BCUT2D eigenvalue weighted by atomic mass is 10.1. The van der Waals surface area contributed by atoms with Gasteiger partial charge in [0.15, 0.2) is 0 Å². The highest BCUT2D eigenvalue weighted by Crippen LogP contribution is 2.18. The molecule has 0 saturated heterocycles. The molecule has 1 rings (SSSR count).